The smallest absolute Gasteiger partial charge is 0.248 e. The first-order valence-corrected chi connectivity index (χ1v) is 6.44. The number of hydrogen-bond donors (Lipinski definition) is 3. The Bertz CT molecular complexity index is 650. The van der Waals surface area contributed by atoms with Gasteiger partial charge in [-0.2, -0.15) is 5.10 Å². The second kappa shape index (κ2) is 6.56. The summed E-state index contributed by atoms with van der Waals surface area (Å²) in [5.41, 5.74) is 7.45. The molecular formula is C14H17N5O2. The minimum absolute atomic E-state index is 0.112. The number of primary amides is 1. The molecule has 0 aliphatic carbocycles. The number of carbonyl (C=O) groups is 2. The van der Waals surface area contributed by atoms with Gasteiger partial charge in [-0.1, -0.05) is 12.1 Å². The van der Waals surface area contributed by atoms with Crippen LogP contribution in [0.15, 0.2) is 36.7 Å². The SMILES string of the molecule is CNC(=O)Cn1cc(NCc2cccc(C(N)=O)c2)cn1. The number of aromatic nitrogens is 2. The number of carbonyl (C=O) groups excluding carboxylic acids is 2. The molecule has 1 aromatic carbocycles. The lowest BCUT2D eigenvalue weighted by Crippen LogP contribution is -2.23. The van der Waals surface area contributed by atoms with Crippen LogP contribution in [0, 0.1) is 0 Å². The van der Waals surface area contributed by atoms with E-state index in [1.54, 1.807) is 42.3 Å². The molecule has 1 heterocycles. The Hall–Kier alpha value is -2.83. The summed E-state index contributed by atoms with van der Waals surface area (Å²) in [6.07, 6.45) is 3.38. The van der Waals surface area contributed by atoms with Gasteiger partial charge in [-0.3, -0.25) is 14.3 Å². The molecule has 110 valence electrons. The fraction of sp³-hybridized carbons (Fsp3) is 0.214. The predicted octanol–water partition coefficient (Wildman–Crippen LogP) is 0.340. The van der Waals surface area contributed by atoms with Crippen molar-refractivity contribution in [2.45, 2.75) is 13.1 Å². The number of rotatable bonds is 6. The van der Waals surface area contributed by atoms with E-state index in [2.05, 4.69) is 15.7 Å². The maximum absolute atomic E-state index is 11.2. The van der Waals surface area contributed by atoms with Crippen LogP contribution in [0.5, 0.6) is 0 Å². The standard InChI is InChI=1S/C14H17N5O2/c1-16-13(20)9-19-8-12(7-18-19)17-6-10-3-2-4-11(5-10)14(15)21/h2-5,7-8,17H,6,9H2,1H3,(H2,15,21)(H,16,20). The Morgan fingerprint density at radius 3 is 2.90 bits per heavy atom. The van der Waals surface area contributed by atoms with E-state index in [1.807, 2.05) is 6.07 Å². The first-order valence-electron chi connectivity index (χ1n) is 6.44. The minimum atomic E-state index is -0.449. The van der Waals surface area contributed by atoms with Gasteiger partial charge in [0.25, 0.3) is 0 Å². The maximum atomic E-state index is 11.2. The van der Waals surface area contributed by atoms with Gasteiger partial charge in [0.1, 0.15) is 6.54 Å². The first kappa shape index (κ1) is 14.6. The minimum Gasteiger partial charge on any atom is -0.378 e. The molecule has 0 bridgehead atoms. The highest BCUT2D eigenvalue weighted by Crippen LogP contribution is 2.10. The molecule has 2 aromatic rings. The molecule has 1 aromatic heterocycles. The van der Waals surface area contributed by atoms with Crippen molar-refractivity contribution >= 4 is 17.5 Å². The van der Waals surface area contributed by atoms with E-state index < -0.39 is 5.91 Å². The molecule has 7 nitrogen and oxygen atoms in total. The summed E-state index contributed by atoms with van der Waals surface area (Å²) in [4.78, 5) is 22.3. The van der Waals surface area contributed by atoms with E-state index in [9.17, 15) is 9.59 Å². The fourth-order valence-corrected chi connectivity index (χ4v) is 1.81. The van der Waals surface area contributed by atoms with Crippen molar-refractivity contribution < 1.29 is 9.59 Å². The molecule has 0 spiro atoms. The second-order valence-electron chi connectivity index (χ2n) is 4.52. The number of amides is 2. The molecular weight excluding hydrogens is 270 g/mol. The number of benzene rings is 1. The average molecular weight is 287 g/mol. The van der Waals surface area contributed by atoms with Crippen molar-refractivity contribution in [3.8, 4) is 0 Å². The highest BCUT2D eigenvalue weighted by atomic mass is 16.2. The average Bonchev–Trinajstić information content (AvgIpc) is 2.92. The molecule has 0 aliphatic heterocycles. The zero-order valence-electron chi connectivity index (χ0n) is 11.7. The topological polar surface area (TPSA) is 102 Å². The van der Waals surface area contributed by atoms with Gasteiger partial charge in [-0.05, 0) is 17.7 Å². The van der Waals surface area contributed by atoms with Crippen molar-refractivity contribution in [3.63, 3.8) is 0 Å². The highest BCUT2D eigenvalue weighted by molar-refractivity contribution is 5.92. The first-order chi connectivity index (χ1) is 10.1. The monoisotopic (exact) mass is 287 g/mol. The number of likely N-dealkylation sites (N-methyl/N-ethyl adjacent to an activating group) is 1. The lowest BCUT2D eigenvalue weighted by Gasteiger charge is -2.05. The van der Waals surface area contributed by atoms with Gasteiger partial charge in [-0.15, -0.1) is 0 Å². The van der Waals surface area contributed by atoms with Crippen molar-refractivity contribution in [2.75, 3.05) is 12.4 Å². The van der Waals surface area contributed by atoms with Gasteiger partial charge in [-0.25, -0.2) is 0 Å². The number of hydrogen-bond acceptors (Lipinski definition) is 4. The second-order valence-corrected chi connectivity index (χ2v) is 4.52. The predicted molar refractivity (Wildman–Crippen MR) is 78.6 cm³/mol. The van der Waals surface area contributed by atoms with E-state index in [0.29, 0.717) is 12.1 Å². The third-order valence-corrected chi connectivity index (χ3v) is 2.93. The molecule has 4 N–H and O–H groups in total. The fourth-order valence-electron chi connectivity index (χ4n) is 1.81. The number of nitrogens with two attached hydrogens (primary N) is 1. The van der Waals surface area contributed by atoms with Crippen molar-refractivity contribution in [1.29, 1.82) is 0 Å². The van der Waals surface area contributed by atoms with E-state index in [0.717, 1.165) is 11.3 Å². The summed E-state index contributed by atoms with van der Waals surface area (Å²) < 4.78 is 1.54. The Morgan fingerprint density at radius 1 is 1.38 bits per heavy atom. The maximum Gasteiger partial charge on any atom is 0.248 e. The summed E-state index contributed by atoms with van der Waals surface area (Å²) in [6.45, 7) is 0.710. The normalized spacial score (nSPS) is 10.1. The van der Waals surface area contributed by atoms with E-state index in [-0.39, 0.29) is 12.5 Å². The van der Waals surface area contributed by atoms with Crippen LogP contribution < -0.4 is 16.4 Å². The molecule has 0 saturated heterocycles. The van der Waals surface area contributed by atoms with E-state index >= 15 is 0 Å². The Balaban J connectivity index is 1.95. The van der Waals surface area contributed by atoms with Crippen LogP contribution in [0.1, 0.15) is 15.9 Å². The zero-order chi connectivity index (χ0) is 15.2. The molecule has 7 heteroatoms. The van der Waals surface area contributed by atoms with Gasteiger partial charge in [0.2, 0.25) is 11.8 Å². The molecule has 0 radical (unpaired) electrons. The van der Waals surface area contributed by atoms with Gasteiger partial charge in [0.15, 0.2) is 0 Å². The highest BCUT2D eigenvalue weighted by Gasteiger charge is 2.04. The Morgan fingerprint density at radius 2 is 2.19 bits per heavy atom. The summed E-state index contributed by atoms with van der Waals surface area (Å²) in [7, 11) is 1.58. The lowest BCUT2D eigenvalue weighted by molar-refractivity contribution is -0.121. The Labute approximate surface area is 122 Å². The third-order valence-electron chi connectivity index (χ3n) is 2.93. The molecule has 0 saturated carbocycles. The van der Waals surface area contributed by atoms with Gasteiger partial charge in [0.05, 0.1) is 11.9 Å². The number of anilines is 1. The molecule has 0 fully saturated rings. The van der Waals surface area contributed by atoms with Crippen LogP contribution in [0.4, 0.5) is 5.69 Å². The Kier molecular flexibility index (Phi) is 4.55. The summed E-state index contributed by atoms with van der Waals surface area (Å²) >= 11 is 0. The summed E-state index contributed by atoms with van der Waals surface area (Å²) in [5, 5.41) is 9.79. The van der Waals surface area contributed by atoms with Crippen LogP contribution in [-0.4, -0.2) is 28.6 Å². The van der Waals surface area contributed by atoms with Crippen LogP contribution >= 0.6 is 0 Å². The summed E-state index contributed by atoms with van der Waals surface area (Å²) in [5.74, 6) is -0.561. The van der Waals surface area contributed by atoms with Crippen LogP contribution in [-0.2, 0) is 17.9 Å². The van der Waals surface area contributed by atoms with Crippen LogP contribution in [0.2, 0.25) is 0 Å². The van der Waals surface area contributed by atoms with Crippen LogP contribution in [0.3, 0.4) is 0 Å². The van der Waals surface area contributed by atoms with E-state index in [1.165, 1.54) is 0 Å². The van der Waals surface area contributed by atoms with Gasteiger partial charge < -0.3 is 16.4 Å². The van der Waals surface area contributed by atoms with Crippen LogP contribution in [0.25, 0.3) is 0 Å². The summed E-state index contributed by atoms with van der Waals surface area (Å²) in [6, 6.07) is 7.10. The van der Waals surface area contributed by atoms with Gasteiger partial charge in [0, 0.05) is 25.4 Å². The van der Waals surface area contributed by atoms with Crippen molar-refractivity contribution in [3.05, 3.63) is 47.8 Å². The van der Waals surface area contributed by atoms with Crippen molar-refractivity contribution in [2.24, 2.45) is 5.73 Å². The largest absolute Gasteiger partial charge is 0.378 e. The molecule has 2 amide bonds. The third kappa shape index (κ3) is 4.07. The van der Waals surface area contributed by atoms with Crippen molar-refractivity contribution in [1.82, 2.24) is 15.1 Å². The molecule has 0 aliphatic rings. The molecule has 0 atom stereocenters. The van der Waals surface area contributed by atoms with E-state index in [4.69, 9.17) is 5.73 Å². The van der Waals surface area contributed by atoms with Gasteiger partial charge >= 0.3 is 0 Å². The molecule has 2 rings (SSSR count). The molecule has 21 heavy (non-hydrogen) atoms. The lowest BCUT2D eigenvalue weighted by atomic mass is 10.1. The molecule has 0 unspecified atom stereocenters. The number of nitrogens with one attached hydrogen (secondary N) is 2. The number of nitrogens with zero attached hydrogens (tertiary/aromatic N) is 2. The zero-order valence-corrected chi connectivity index (χ0v) is 11.7. The quantitative estimate of drug-likeness (QED) is 0.713.